The first-order chi connectivity index (χ1) is 20.3. The van der Waals surface area contributed by atoms with Gasteiger partial charge in [0.1, 0.15) is 0 Å². The first kappa shape index (κ1) is 38.1. The third-order valence-corrected chi connectivity index (χ3v) is 7.55. The lowest BCUT2D eigenvalue weighted by atomic mass is 10.4. The van der Waals surface area contributed by atoms with Crippen LogP contribution in [0.3, 0.4) is 0 Å². The third-order valence-electron chi connectivity index (χ3n) is 4.50. The summed E-state index contributed by atoms with van der Waals surface area (Å²) in [5, 5.41) is 0. The topological polar surface area (TPSA) is 0 Å². The minimum Gasteiger partial charge on any atom is -0.0901 e. The summed E-state index contributed by atoms with van der Waals surface area (Å²) in [7, 11) is 0. The smallest absolute Gasteiger partial charge is 0.0123 e. The summed E-state index contributed by atoms with van der Waals surface area (Å²) >= 11 is 5.37. The molecule has 0 aliphatic heterocycles. The molecular weight excluding hydrogens is 553 g/mol. The van der Waals surface area contributed by atoms with Crippen LogP contribution in [0.1, 0.15) is 55.4 Å². The van der Waals surface area contributed by atoms with E-state index in [0.717, 1.165) is 0 Å². The molecule has 0 saturated heterocycles. The van der Waals surface area contributed by atoms with Gasteiger partial charge in [-0.3, -0.25) is 0 Å². The Bertz CT molecular complexity index is 1090. The highest BCUT2D eigenvalue weighted by Gasteiger charge is 1.99. The van der Waals surface area contributed by atoms with Crippen molar-refractivity contribution in [2.24, 2.45) is 0 Å². The Hall–Kier alpha value is -2.85. The van der Waals surface area contributed by atoms with E-state index in [0.29, 0.717) is 0 Å². The summed E-state index contributed by atoms with van der Waals surface area (Å²) in [5.74, 6) is 0. The quantitative estimate of drug-likeness (QED) is 0.190. The Kier molecular flexibility index (Phi) is 25.4. The van der Waals surface area contributed by atoms with E-state index in [4.69, 9.17) is 0 Å². The van der Waals surface area contributed by atoms with Gasteiger partial charge in [0.15, 0.2) is 0 Å². The monoisotopic (exact) mass is 600 g/mol. The van der Waals surface area contributed by atoms with Crippen molar-refractivity contribution >= 4 is 35.3 Å². The molecule has 0 atom stereocenters. The van der Waals surface area contributed by atoms with Crippen molar-refractivity contribution < 1.29 is 0 Å². The molecule has 0 amide bonds. The van der Waals surface area contributed by atoms with Crippen LogP contribution in [0, 0.1) is 0 Å². The van der Waals surface area contributed by atoms with E-state index >= 15 is 0 Å². The van der Waals surface area contributed by atoms with E-state index in [2.05, 4.69) is 121 Å². The van der Waals surface area contributed by atoms with Crippen molar-refractivity contribution in [3.8, 4) is 0 Å². The van der Waals surface area contributed by atoms with Gasteiger partial charge in [-0.2, -0.15) is 0 Å². The lowest BCUT2D eigenvalue weighted by Gasteiger charge is -2.04. The zero-order valence-electron chi connectivity index (χ0n) is 26.1. The van der Waals surface area contributed by atoms with E-state index in [1.807, 2.05) is 79.7 Å². The van der Waals surface area contributed by atoms with Crippen molar-refractivity contribution in [1.29, 1.82) is 0 Å². The fourth-order valence-corrected chi connectivity index (χ4v) is 5.47. The van der Waals surface area contributed by atoms with Gasteiger partial charge < -0.3 is 0 Å². The van der Waals surface area contributed by atoms with Gasteiger partial charge in [-0.1, -0.05) is 163 Å². The minimum absolute atomic E-state index is 1.27. The minimum atomic E-state index is 1.27. The molecule has 0 heterocycles. The number of hydrogen-bond donors (Lipinski definition) is 0. The molecule has 5 rings (SSSR count). The zero-order valence-corrected chi connectivity index (χ0v) is 28.5. The maximum Gasteiger partial charge on any atom is 0.0123 e. The van der Waals surface area contributed by atoms with Gasteiger partial charge in [-0.15, -0.1) is 0 Å². The average molecular weight is 601 g/mol. The van der Waals surface area contributed by atoms with Gasteiger partial charge in [-0.25, -0.2) is 0 Å². The Balaban J connectivity index is 0.000000660. The Morgan fingerprint density at radius 2 is 0.366 bits per heavy atom. The molecule has 0 fully saturated rings. The highest BCUT2D eigenvalue weighted by molar-refractivity contribution is 8.00. The lowest BCUT2D eigenvalue weighted by Crippen LogP contribution is -1.75. The van der Waals surface area contributed by atoms with Crippen molar-refractivity contribution in [2.75, 3.05) is 0 Å². The summed E-state index contributed by atoms with van der Waals surface area (Å²) < 4.78 is 0. The Morgan fingerprint density at radius 3 is 0.537 bits per heavy atom. The van der Waals surface area contributed by atoms with E-state index < -0.39 is 0 Å². The van der Waals surface area contributed by atoms with Gasteiger partial charge >= 0.3 is 0 Å². The Labute approximate surface area is 264 Å². The van der Waals surface area contributed by atoms with Gasteiger partial charge in [0.2, 0.25) is 0 Å². The molecule has 0 radical (unpaired) electrons. The fraction of sp³-hybridized carbons (Fsp3) is 0.211. The number of rotatable bonds is 6. The van der Waals surface area contributed by atoms with Crippen LogP contribution in [0.5, 0.6) is 0 Å². The molecule has 5 aromatic carbocycles. The molecule has 5 aromatic rings. The molecule has 0 bridgehead atoms. The predicted molar refractivity (Wildman–Crippen MR) is 190 cm³/mol. The van der Waals surface area contributed by atoms with Crippen LogP contribution in [0.25, 0.3) is 0 Å². The summed E-state index contributed by atoms with van der Waals surface area (Å²) in [6.07, 6.45) is 0. The van der Waals surface area contributed by atoms with E-state index in [1.165, 1.54) is 29.4 Å². The first-order valence-corrected chi connectivity index (χ1v) is 17.1. The first-order valence-electron chi connectivity index (χ1n) is 14.7. The standard InChI is InChI=1S/C18H14S2.C12H10S.4C2H6/c1-3-7-15(8-4-1)19-17-11-13-18(14-12-17)20-16-9-5-2-6-10-16;1-3-7-11(8-4-1)13-12-9-5-2-6-10-12;4*1-2/h1-14H;1-10H;4*1-2H3. The highest BCUT2D eigenvalue weighted by atomic mass is 32.2. The average Bonchev–Trinajstić information content (AvgIpc) is 3.08. The van der Waals surface area contributed by atoms with E-state index in [1.54, 1.807) is 35.3 Å². The summed E-state index contributed by atoms with van der Waals surface area (Å²) in [5.41, 5.74) is 0. The number of benzene rings is 5. The van der Waals surface area contributed by atoms with Gasteiger partial charge in [-0.05, 0) is 72.8 Å². The molecular formula is C38H48S3. The SMILES string of the molecule is CC.CC.CC.CC.c1ccc(Sc2ccc(Sc3ccccc3)cc2)cc1.c1ccc(Sc2ccccc2)cc1. The number of hydrogen-bond acceptors (Lipinski definition) is 3. The van der Waals surface area contributed by atoms with Crippen molar-refractivity contribution in [2.45, 2.75) is 84.8 Å². The molecule has 0 aliphatic carbocycles. The molecule has 0 N–H and O–H groups in total. The van der Waals surface area contributed by atoms with E-state index in [-0.39, 0.29) is 0 Å². The molecule has 0 nitrogen and oxygen atoms in total. The second kappa shape index (κ2) is 27.3. The zero-order chi connectivity index (χ0) is 30.6. The summed E-state index contributed by atoms with van der Waals surface area (Å²) in [6.45, 7) is 16.0. The van der Waals surface area contributed by atoms with Crippen LogP contribution in [0.4, 0.5) is 0 Å². The molecule has 41 heavy (non-hydrogen) atoms. The molecule has 0 saturated carbocycles. The second-order valence-electron chi connectivity index (χ2n) is 7.03. The normalized spacial score (nSPS) is 8.78. The maximum atomic E-state index is 2.18. The third kappa shape index (κ3) is 17.5. The van der Waals surface area contributed by atoms with Crippen LogP contribution >= 0.6 is 35.3 Å². The summed E-state index contributed by atoms with van der Waals surface area (Å²) in [6, 6.07) is 50.5. The van der Waals surface area contributed by atoms with Crippen LogP contribution in [-0.4, -0.2) is 0 Å². The van der Waals surface area contributed by atoms with Crippen molar-refractivity contribution in [1.82, 2.24) is 0 Å². The van der Waals surface area contributed by atoms with Crippen LogP contribution in [-0.2, 0) is 0 Å². The molecule has 0 aliphatic rings. The largest absolute Gasteiger partial charge is 0.0901 e. The van der Waals surface area contributed by atoms with E-state index in [9.17, 15) is 0 Å². The van der Waals surface area contributed by atoms with Crippen LogP contribution < -0.4 is 0 Å². The maximum absolute atomic E-state index is 2.18. The molecule has 0 aromatic heterocycles. The second-order valence-corrected chi connectivity index (χ2v) is 10.5. The van der Waals surface area contributed by atoms with Gasteiger partial charge in [0.05, 0.1) is 0 Å². The lowest BCUT2D eigenvalue weighted by molar-refractivity contribution is 1.33. The van der Waals surface area contributed by atoms with Crippen LogP contribution in [0.2, 0.25) is 0 Å². The van der Waals surface area contributed by atoms with Crippen LogP contribution in [0.15, 0.2) is 175 Å². The van der Waals surface area contributed by atoms with Gasteiger partial charge in [0.25, 0.3) is 0 Å². The molecule has 3 heteroatoms. The fourth-order valence-electron chi connectivity index (χ4n) is 2.94. The molecule has 218 valence electrons. The van der Waals surface area contributed by atoms with Gasteiger partial charge in [0, 0.05) is 29.4 Å². The highest BCUT2D eigenvalue weighted by Crippen LogP contribution is 2.32. The van der Waals surface area contributed by atoms with Crippen molar-refractivity contribution in [3.63, 3.8) is 0 Å². The Morgan fingerprint density at radius 1 is 0.220 bits per heavy atom. The van der Waals surface area contributed by atoms with Crippen molar-refractivity contribution in [3.05, 3.63) is 146 Å². The summed E-state index contributed by atoms with van der Waals surface area (Å²) in [4.78, 5) is 7.66. The molecule has 0 unspecified atom stereocenters. The molecule has 0 spiro atoms. The predicted octanol–water partition coefficient (Wildman–Crippen LogP) is 13.9.